The molecule has 1 aromatic heterocycles. The van der Waals surface area contributed by atoms with Crippen molar-refractivity contribution >= 4 is 108 Å². The van der Waals surface area contributed by atoms with Crippen LogP contribution in [0.1, 0.15) is 0 Å². The highest BCUT2D eigenvalue weighted by atomic mass is 127. The lowest BCUT2D eigenvalue weighted by molar-refractivity contribution is 1.63. The minimum atomic E-state index is 1.24. The van der Waals surface area contributed by atoms with Gasteiger partial charge in [-0.1, -0.05) is 133 Å². The molecule has 0 aliphatic heterocycles. The first kappa shape index (κ1) is 30.1. The Morgan fingerprint density at radius 2 is 0.827 bits per heavy atom. The third-order valence-electron chi connectivity index (χ3n) is 10.8. The molecular weight excluding hydrogens is 760 g/mol. The molecule has 52 heavy (non-hydrogen) atoms. The summed E-state index contributed by atoms with van der Waals surface area (Å²) >= 11 is 4.31. The number of rotatable bonds is 3. The van der Waals surface area contributed by atoms with E-state index in [1.165, 1.54) is 111 Å². The SMILES string of the molecule is Ic1ccc(-c2c3ccccc3c(-c3ccc4cc(-c5cc6ccccc6c6c5sc5cc7ccccc7cc56)ccc4c3)c3ccccc23)cc1. The summed E-state index contributed by atoms with van der Waals surface area (Å²) in [6.07, 6.45) is 0. The Kier molecular flexibility index (Phi) is 6.80. The second-order valence-electron chi connectivity index (χ2n) is 13.8. The maximum atomic E-state index is 2.40. The Bertz CT molecular complexity index is 3180. The second kappa shape index (κ2) is 11.7. The standard InChI is InChI=1S/C50H29IS/c51-38-23-21-30(22-24-38)47-40-13-5-7-15-42(40)48(43-16-8-6-14-41(43)47)37-20-18-33-25-36(19-17-34(33)26-37)44-28-35-11-3-4-12-39(35)49-45-27-31-9-1-2-10-32(31)29-46(45)52-50(44)49/h1-29H. The van der Waals surface area contributed by atoms with Gasteiger partial charge in [-0.3, -0.25) is 0 Å². The number of thiophene rings is 1. The number of benzene rings is 10. The van der Waals surface area contributed by atoms with Gasteiger partial charge in [0.2, 0.25) is 0 Å². The Morgan fingerprint density at radius 3 is 1.48 bits per heavy atom. The van der Waals surface area contributed by atoms with Gasteiger partial charge in [-0.2, -0.15) is 0 Å². The molecular formula is C50H29IS. The predicted molar refractivity (Wildman–Crippen MR) is 236 cm³/mol. The Labute approximate surface area is 318 Å². The number of fused-ring (bicyclic) bond motifs is 9. The molecule has 0 aliphatic carbocycles. The fourth-order valence-electron chi connectivity index (χ4n) is 8.46. The van der Waals surface area contributed by atoms with Crippen LogP contribution in [0.15, 0.2) is 176 Å². The van der Waals surface area contributed by atoms with Crippen molar-refractivity contribution in [2.24, 2.45) is 0 Å². The lowest BCUT2D eigenvalue weighted by Gasteiger charge is -2.18. The van der Waals surface area contributed by atoms with Crippen molar-refractivity contribution in [2.45, 2.75) is 0 Å². The lowest BCUT2D eigenvalue weighted by atomic mass is 9.85. The maximum Gasteiger partial charge on any atom is 0.0440 e. The van der Waals surface area contributed by atoms with Crippen LogP contribution in [0.4, 0.5) is 0 Å². The van der Waals surface area contributed by atoms with Crippen LogP contribution >= 0.6 is 33.9 Å². The van der Waals surface area contributed by atoms with E-state index in [0.717, 1.165) is 0 Å². The first-order chi connectivity index (χ1) is 25.7. The van der Waals surface area contributed by atoms with E-state index < -0.39 is 0 Å². The highest BCUT2D eigenvalue weighted by molar-refractivity contribution is 14.1. The summed E-state index contributed by atoms with van der Waals surface area (Å²) in [6.45, 7) is 0. The minimum absolute atomic E-state index is 1.24. The van der Waals surface area contributed by atoms with Crippen LogP contribution in [0.5, 0.6) is 0 Å². The minimum Gasteiger partial charge on any atom is -0.134 e. The van der Waals surface area contributed by atoms with Crippen LogP contribution in [0, 0.1) is 3.57 Å². The molecule has 0 fully saturated rings. The second-order valence-corrected chi connectivity index (χ2v) is 16.1. The van der Waals surface area contributed by atoms with Gasteiger partial charge in [0.15, 0.2) is 0 Å². The van der Waals surface area contributed by atoms with E-state index in [9.17, 15) is 0 Å². The van der Waals surface area contributed by atoms with Gasteiger partial charge < -0.3 is 0 Å². The number of halogens is 1. The molecule has 0 saturated heterocycles. The van der Waals surface area contributed by atoms with E-state index in [0.29, 0.717) is 0 Å². The summed E-state index contributed by atoms with van der Waals surface area (Å²) in [7, 11) is 0. The fourth-order valence-corrected chi connectivity index (χ4v) is 10.1. The van der Waals surface area contributed by atoms with Gasteiger partial charge >= 0.3 is 0 Å². The van der Waals surface area contributed by atoms with Crippen molar-refractivity contribution in [3.8, 4) is 33.4 Å². The molecule has 0 amide bonds. The van der Waals surface area contributed by atoms with Gasteiger partial charge in [-0.25, -0.2) is 0 Å². The summed E-state index contributed by atoms with van der Waals surface area (Å²) in [5.41, 5.74) is 7.64. The van der Waals surface area contributed by atoms with Gasteiger partial charge in [0, 0.05) is 29.3 Å². The molecule has 0 N–H and O–H groups in total. The third-order valence-corrected chi connectivity index (χ3v) is 12.7. The number of hydrogen-bond donors (Lipinski definition) is 0. The Hall–Kier alpha value is -5.55. The van der Waals surface area contributed by atoms with E-state index in [1.54, 1.807) is 0 Å². The molecule has 0 aliphatic rings. The zero-order chi connectivity index (χ0) is 34.3. The van der Waals surface area contributed by atoms with Crippen molar-refractivity contribution in [1.82, 2.24) is 0 Å². The van der Waals surface area contributed by atoms with Crippen molar-refractivity contribution in [2.75, 3.05) is 0 Å². The zero-order valence-electron chi connectivity index (χ0n) is 28.0. The summed E-state index contributed by atoms with van der Waals surface area (Å²) in [5, 5.41) is 15.5. The van der Waals surface area contributed by atoms with Gasteiger partial charge in [-0.15, -0.1) is 11.3 Å². The molecule has 0 saturated carbocycles. The van der Waals surface area contributed by atoms with Crippen LogP contribution in [-0.2, 0) is 0 Å². The van der Waals surface area contributed by atoms with Crippen LogP contribution in [-0.4, -0.2) is 0 Å². The smallest absolute Gasteiger partial charge is 0.0440 e. The van der Waals surface area contributed by atoms with Crippen LogP contribution in [0.2, 0.25) is 0 Å². The predicted octanol–water partition coefficient (Wildman–Crippen LogP) is 15.4. The first-order valence-electron chi connectivity index (χ1n) is 17.7. The van der Waals surface area contributed by atoms with E-state index >= 15 is 0 Å². The van der Waals surface area contributed by atoms with Gasteiger partial charge in [0.1, 0.15) is 0 Å². The molecule has 242 valence electrons. The van der Waals surface area contributed by atoms with E-state index in [4.69, 9.17) is 0 Å². The average Bonchev–Trinajstić information content (AvgIpc) is 3.57. The molecule has 0 radical (unpaired) electrons. The van der Waals surface area contributed by atoms with Crippen molar-refractivity contribution in [1.29, 1.82) is 0 Å². The highest BCUT2D eigenvalue weighted by Crippen LogP contribution is 2.47. The van der Waals surface area contributed by atoms with Gasteiger partial charge in [0.25, 0.3) is 0 Å². The van der Waals surface area contributed by atoms with Crippen molar-refractivity contribution < 1.29 is 0 Å². The molecule has 0 atom stereocenters. The maximum absolute atomic E-state index is 2.40. The van der Waals surface area contributed by atoms with E-state index in [2.05, 4.69) is 199 Å². The quantitative estimate of drug-likeness (QED) is 0.124. The number of hydrogen-bond acceptors (Lipinski definition) is 1. The topological polar surface area (TPSA) is 0 Å². The largest absolute Gasteiger partial charge is 0.134 e. The molecule has 1 heterocycles. The molecule has 0 spiro atoms. The summed E-state index contributed by atoms with van der Waals surface area (Å²) < 4.78 is 3.93. The molecule has 0 unspecified atom stereocenters. The molecule has 0 nitrogen and oxygen atoms in total. The fraction of sp³-hybridized carbons (Fsp3) is 0. The van der Waals surface area contributed by atoms with Crippen molar-refractivity contribution in [3.05, 3.63) is 179 Å². The Balaban J connectivity index is 1.11. The van der Waals surface area contributed by atoms with Gasteiger partial charge in [0.05, 0.1) is 0 Å². The third kappa shape index (κ3) is 4.64. The summed E-state index contributed by atoms with van der Waals surface area (Å²) in [5.74, 6) is 0. The molecule has 2 heteroatoms. The Morgan fingerprint density at radius 1 is 0.346 bits per heavy atom. The summed E-state index contributed by atoms with van der Waals surface area (Å²) in [6, 6.07) is 65.6. The molecule has 10 aromatic carbocycles. The molecule has 0 bridgehead atoms. The van der Waals surface area contributed by atoms with Gasteiger partial charge in [-0.05, 0) is 147 Å². The van der Waals surface area contributed by atoms with Crippen molar-refractivity contribution in [3.63, 3.8) is 0 Å². The monoisotopic (exact) mass is 788 g/mol. The average molecular weight is 789 g/mol. The normalized spacial score (nSPS) is 11.9. The molecule has 11 aromatic rings. The van der Waals surface area contributed by atoms with E-state index in [1.807, 2.05) is 11.3 Å². The van der Waals surface area contributed by atoms with E-state index in [-0.39, 0.29) is 0 Å². The lowest BCUT2D eigenvalue weighted by Crippen LogP contribution is -1.91. The van der Waals surface area contributed by atoms with Crippen LogP contribution in [0.25, 0.3) is 107 Å². The summed E-state index contributed by atoms with van der Waals surface area (Å²) in [4.78, 5) is 0. The highest BCUT2D eigenvalue weighted by Gasteiger charge is 2.18. The van der Waals surface area contributed by atoms with Crippen LogP contribution in [0.3, 0.4) is 0 Å². The van der Waals surface area contributed by atoms with Crippen LogP contribution < -0.4 is 0 Å². The zero-order valence-corrected chi connectivity index (χ0v) is 31.0. The first-order valence-corrected chi connectivity index (χ1v) is 19.6. The molecule has 11 rings (SSSR count).